The van der Waals surface area contributed by atoms with Gasteiger partial charge in [0.2, 0.25) is 0 Å². The van der Waals surface area contributed by atoms with Crippen molar-refractivity contribution in [3.05, 3.63) is 118 Å². The summed E-state index contributed by atoms with van der Waals surface area (Å²) < 4.78 is 2.80. The Morgan fingerprint density at radius 3 is 1.71 bits per heavy atom. The van der Waals surface area contributed by atoms with Crippen molar-refractivity contribution >= 4 is 78.1 Å². The molecule has 5 heteroatoms. The van der Waals surface area contributed by atoms with Gasteiger partial charge < -0.3 is 4.90 Å². The van der Waals surface area contributed by atoms with Crippen LogP contribution < -0.4 is 25.5 Å². The predicted octanol–water partition coefficient (Wildman–Crippen LogP) is 14.2. The molecule has 6 aromatic rings. The lowest BCUT2D eigenvalue weighted by Crippen LogP contribution is -2.61. The number of anilines is 6. The van der Waals surface area contributed by atoms with Crippen molar-refractivity contribution in [3.8, 4) is 0 Å². The fourth-order valence-corrected chi connectivity index (χ4v) is 14.0. The lowest BCUT2D eigenvalue weighted by molar-refractivity contribution is 0.403. The lowest BCUT2D eigenvalue weighted by atomic mass is 9.36. The van der Waals surface area contributed by atoms with Crippen LogP contribution in [0.2, 0.25) is 0 Å². The smallest absolute Gasteiger partial charge is 0.266 e. The fourth-order valence-electron chi connectivity index (χ4n) is 12.6. The third-order valence-corrected chi connectivity index (χ3v) is 16.5. The molecule has 0 bridgehead atoms. The number of thiophene rings is 1. The van der Waals surface area contributed by atoms with Gasteiger partial charge in [-0.25, -0.2) is 4.98 Å². The van der Waals surface area contributed by atoms with Crippen LogP contribution in [0, 0.1) is 0 Å². The summed E-state index contributed by atoms with van der Waals surface area (Å²) in [5, 5.41) is 1.39. The molecule has 4 aromatic carbocycles. The van der Waals surface area contributed by atoms with Crippen LogP contribution in [0.1, 0.15) is 169 Å². The Labute approximate surface area is 377 Å². The highest BCUT2D eigenvalue weighted by Crippen LogP contribution is 2.56. The summed E-state index contributed by atoms with van der Waals surface area (Å²) in [6.07, 6.45) is 4.35. The molecule has 0 spiro atoms. The van der Waals surface area contributed by atoms with E-state index in [0.29, 0.717) is 0 Å². The molecule has 2 aromatic heterocycles. The number of fused-ring (bicyclic) bond motifs is 8. The number of aromatic nitrogens is 1. The van der Waals surface area contributed by atoms with Gasteiger partial charge in [0.25, 0.3) is 6.71 Å². The molecule has 0 radical (unpaired) electrons. The third-order valence-electron chi connectivity index (χ3n) is 15.3. The summed E-state index contributed by atoms with van der Waals surface area (Å²) in [5.41, 5.74) is 19.3. The quantitative estimate of drug-likeness (QED) is 0.162. The van der Waals surface area contributed by atoms with Crippen molar-refractivity contribution < 1.29 is 0 Å². The Bertz CT molecular complexity index is 2870. The lowest BCUT2D eigenvalue weighted by Gasteiger charge is -2.43. The highest BCUT2D eigenvalue weighted by atomic mass is 32.1. The van der Waals surface area contributed by atoms with Gasteiger partial charge in [-0.15, -0.1) is 11.3 Å². The van der Waals surface area contributed by atoms with E-state index in [4.69, 9.17) is 4.98 Å². The average molecular weight is 838 g/mol. The van der Waals surface area contributed by atoms with Crippen LogP contribution in [0.3, 0.4) is 0 Å². The first-order valence-corrected chi connectivity index (χ1v) is 24.1. The summed E-state index contributed by atoms with van der Waals surface area (Å²) in [6, 6.07) is 29.5. The summed E-state index contributed by atoms with van der Waals surface area (Å²) in [7, 11) is 0. The van der Waals surface area contributed by atoms with E-state index in [2.05, 4.69) is 206 Å². The Balaban J connectivity index is 1.34. The van der Waals surface area contributed by atoms with Gasteiger partial charge in [0.1, 0.15) is 5.82 Å². The van der Waals surface area contributed by atoms with E-state index in [1.54, 1.807) is 0 Å². The molecule has 0 unspecified atom stereocenters. The van der Waals surface area contributed by atoms with Crippen LogP contribution in [0.4, 0.5) is 34.3 Å². The van der Waals surface area contributed by atoms with Crippen LogP contribution in [-0.2, 0) is 37.9 Å². The number of hydrogen-bond donors (Lipinski definition) is 0. The maximum absolute atomic E-state index is 5.49. The van der Waals surface area contributed by atoms with E-state index in [-0.39, 0.29) is 44.6 Å². The van der Waals surface area contributed by atoms with Crippen LogP contribution in [0.25, 0.3) is 10.1 Å². The minimum atomic E-state index is -0.0760. The van der Waals surface area contributed by atoms with Gasteiger partial charge in [0.05, 0.1) is 5.69 Å². The van der Waals surface area contributed by atoms with Gasteiger partial charge in [0, 0.05) is 43.8 Å². The van der Waals surface area contributed by atoms with Crippen LogP contribution in [0.5, 0.6) is 0 Å². The zero-order valence-electron chi connectivity index (χ0n) is 40.7. The summed E-state index contributed by atoms with van der Waals surface area (Å²) in [4.78, 5) is 10.7. The minimum Gasteiger partial charge on any atom is -0.310 e. The molecule has 62 heavy (non-hydrogen) atoms. The second-order valence-electron chi connectivity index (χ2n) is 25.3. The molecule has 4 aliphatic rings. The SMILES string of the molecule is CC(C)(C)c1ccc(N2c3ccnc4c3B(c3cc5c(cc3N4c3ccc4c(c3)C(C)(C)CC4(C)C)C(C)(C)CC5(C)C)c3sc4cc(C(C)(C)C)cc(C(C)(C)C)c4c32)cc1. The van der Waals surface area contributed by atoms with Gasteiger partial charge in [0.15, 0.2) is 0 Å². The number of hydrogen-bond acceptors (Lipinski definition) is 4. The molecular weight excluding hydrogens is 770 g/mol. The van der Waals surface area contributed by atoms with E-state index < -0.39 is 0 Å². The first-order chi connectivity index (χ1) is 28.6. The van der Waals surface area contributed by atoms with Crippen LogP contribution in [-0.4, -0.2) is 11.7 Å². The Kier molecular flexibility index (Phi) is 8.52. The summed E-state index contributed by atoms with van der Waals surface area (Å²) in [5.74, 6) is 1.05. The number of rotatable bonds is 2. The third kappa shape index (κ3) is 5.99. The first-order valence-electron chi connectivity index (χ1n) is 23.3. The summed E-state index contributed by atoms with van der Waals surface area (Å²) in [6.45, 7) is 40.8. The molecule has 3 nitrogen and oxygen atoms in total. The topological polar surface area (TPSA) is 19.4 Å². The first kappa shape index (κ1) is 41.7. The zero-order valence-corrected chi connectivity index (χ0v) is 41.6. The van der Waals surface area contributed by atoms with Crippen molar-refractivity contribution in [2.75, 3.05) is 9.80 Å². The maximum atomic E-state index is 5.49. The minimum absolute atomic E-state index is 0.0116. The Morgan fingerprint density at radius 1 is 0.548 bits per heavy atom. The van der Waals surface area contributed by atoms with Gasteiger partial charge >= 0.3 is 0 Å². The monoisotopic (exact) mass is 838 g/mol. The molecule has 0 N–H and O–H groups in total. The Morgan fingerprint density at radius 2 is 1.11 bits per heavy atom. The van der Waals surface area contributed by atoms with Crippen molar-refractivity contribution in [1.82, 2.24) is 4.98 Å². The van der Waals surface area contributed by atoms with Gasteiger partial charge in [-0.05, 0) is 143 Å². The molecule has 2 aliphatic heterocycles. The average Bonchev–Trinajstić information content (AvgIpc) is 3.69. The van der Waals surface area contributed by atoms with Crippen molar-refractivity contribution in [1.29, 1.82) is 0 Å². The van der Waals surface area contributed by atoms with Crippen molar-refractivity contribution in [2.45, 2.75) is 168 Å². The molecular formula is C57H68BN3S. The highest BCUT2D eigenvalue weighted by Gasteiger charge is 2.50. The van der Waals surface area contributed by atoms with Crippen LogP contribution >= 0.6 is 11.3 Å². The van der Waals surface area contributed by atoms with Crippen molar-refractivity contribution in [2.24, 2.45) is 0 Å². The van der Waals surface area contributed by atoms with Gasteiger partial charge in [-0.2, -0.15) is 0 Å². The fraction of sp³-hybridized carbons (Fsp3) is 0.456. The molecule has 0 saturated carbocycles. The van der Waals surface area contributed by atoms with E-state index >= 15 is 0 Å². The molecule has 10 rings (SSSR count). The highest BCUT2D eigenvalue weighted by molar-refractivity contribution is 7.33. The van der Waals surface area contributed by atoms with Crippen LogP contribution in [0.15, 0.2) is 79.0 Å². The second-order valence-corrected chi connectivity index (χ2v) is 26.3. The number of pyridine rings is 1. The molecule has 0 amide bonds. The second kappa shape index (κ2) is 12.7. The predicted molar refractivity (Wildman–Crippen MR) is 271 cm³/mol. The normalized spacial score (nSPS) is 19.0. The standard InChI is InChI=1S/C57H68BN3S/c1-51(2,3)33-18-20-35(21-19-33)60-43-24-25-59-50-47(43)58(49-48(60)46-41(53(7,8)9)26-34(52(4,5)6)27-45(46)62-49)42-29-39-40(57(16,17)32-56(39,14)15)30-44(42)61(50)36-22-23-37-38(28-36)55(12,13)31-54(37,10)11/h18-30H,31-32H2,1-17H3. The van der Waals surface area contributed by atoms with E-state index in [1.165, 1.54) is 93.2 Å². The van der Waals surface area contributed by atoms with Crippen molar-refractivity contribution in [3.63, 3.8) is 0 Å². The van der Waals surface area contributed by atoms with Gasteiger partial charge in [-0.3, -0.25) is 4.90 Å². The molecule has 2 aliphatic carbocycles. The Hall–Kier alpha value is -4.35. The van der Waals surface area contributed by atoms with E-state index in [0.717, 1.165) is 18.7 Å². The molecule has 4 heterocycles. The number of nitrogens with zero attached hydrogens (tertiary/aromatic N) is 3. The van der Waals surface area contributed by atoms with Gasteiger partial charge in [-0.1, -0.05) is 148 Å². The van der Waals surface area contributed by atoms with E-state index in [1.807, 2.05) is 11.3 Å². The molecule has 320 valence electrons. The zero-order chi connectivity index (χ0) is 44.6. The molecule has 0 saturated heterocycles. The number of benzene rings is 4. The largest absolute Gasteiger partial charge is 0.310 e. The maximum Gasteiger partial charge on any atom is 0.266 e. The van der Waals surface area contributed by atoms with E-state index in [9.17, 15) is 0 Å². The molecule has 0 fully saturated rings. The summed E-state index contributed by atoms with van der Waals surface area (Å²) >= 11 is 2.03. The molecule has 0 atom stereocenters.